The van der Waals surface area contributed by atoms with Crippen molar-refractivity contribution in [1.29, 1.82) is 0 Å². The van der Waals surface area contributed by atoms with Gasteiger partial charge in [0.25, 0.3) is 5.91 Å². The van der Waals surface area contributed by atoms with Gasteiger partial charge in [-0.05, 0) is 24.6 Å². The van der Waals surface area contributed by atoms with Gasteiger partial charge in [0.2, 0.25) is 5.91 Å². The number of halogens is 1. The number of amides is 2. The molecule has 1 atom stereocenters. The Morgan fingerprint density at radius 3 is 2.58 bits per heavy atom. The Bertz CT molecular complexity index is 530. The van der Waals surface area contributed by atoms with Gasteiger partial charge >= 0.3 is 5.97 Å². The van der Waals surface area contributed by atoms with Crippen molar-refractivity contribution in [2.75, 3.05) is 0 Å². The molecule has 1 aromatic rings. The number of aliphatic carboxylic acids is 1. The van der Waals surface area contributed by atoms with Gasteiger partial charge in [-0.15, -0.1) is 0 Å². The minimum atomic E-state index is -1.33. The average Bonchev–Trinajstić information content (AvgIpc) is 2.31. The van der Waals surface area contributed by atoms with Crippen molar-refractivity contribution in [3.63, 3.8) is 0 Å². The molecule has 102 valence electrons. The van der Waals surface area contributed by atoms with Crippen LogP contribution in [0.2, 0.25) is 0 Å². The molecule has 0 bridgehead atoms. The molecule has 0 saturated carbocycles. The summed E-state index contributed by atoms with van der Waals surface area (Å²) in [7, 11) is 0. The molecule has 6 nitrogen and oxygen atoms in total. The van der Waals surface area contributed by atoms with Gasteiger partial charge in [-0.1, -0.05) is 22.0 Å². The number of carbonyl (C=O) groups excluding carboxylic acids is 2. The molecule has 0 heterocycles. The molecule has 7 heteroatoms. The summed E-state index contributed by atoms with van der Waals surface area (Å²) in [5, 5.41) is 11.2. The van der Waals surface area contributed by atoms with E-state index in [4.69, 9.17) is 10.8 Å². The maximum Gasteiger partial charge on any atom is 0.326 e. The van der Waals surface area contributed by atoms with Gasteiger partial charge in [-0.3, -0.25) is 9.59 Å². The summed E-state index contributed by atoms with van der Waals surface area (Å²) in [4.78, 5) is 33.6. The van der Waals surface area contributed by atoms with E-state index in [9.17, 15) is 14.4 Å². The zero-order valence-electron chi connectivity index (χ0n) is 10.1. The van der Waals surface area contributed by atoms with E-state index < -0.39 is 30.2 Å². The topological polar surface area (TPSA) is 109 Å². The molecule has 1 unspecified atom stereocenters. The summed E-state index contributed by atoms with van der Waals surface area (Å²) in [5.41, 5.74) is 5.96. The van der Waals surface area contributed by atoms with Crippen molar-refractivity contribution in [2.24, 2.45) is 5.73 Å². The molecule has 0 aromatic heterocycles. The summed E-state index contributed by atoms with van der Waals surface area (Å²) >= 11 is 3.28. The van der Waals surface area contributed by atoms with Gasteiger partial charge in [-0.25, -0.2) is 4.79 Å². The van der Waals surface area contributed by atoms with Crippen LogP contribution in [0.25, 0.3) is 0 Å². The molecular weight excluding hydrogens is 316 g/mol. The Morgan fingerprint density at radius 2 is 2.05 bits per heavy atom. The summed E-state index contributed by atoms with van der Waals surface area (Å²) in [6.07, 6.45) is -0.450. The highest BCUT2D eigenvalue weighted by Gasteiger charge is 2.23. The van der Waals surface area contributed by atoms with Crippen molar-refractivity contribution in [1.82, 2.24) is 5.32 Å². The fourth-order valence-corrected chi connectivity index (χ4v) is 1.86. The molecule has 0 aliphatic heterocycles. The summed E-state index contributed by atoms with van der Waals surface area (Å²) in [5.74, 6) is -2.66. The van der Waals surface area contributed by atoms with Gasteiger partial charge in [-0.2, -0.15) is 0 Å². The van der Waals surface area contributed by atoms with Crippen LogP contribution < -0.4 is 11.1 Å². The number of nitrogens with two attached hydrogens (primary N) is 1. The number of rotatable bonds is 5. The second-order valence-corrected chi connectivity index (χ2v) is 4.80. The largest absolute Gasteiger partial charge is 0.480 e. The molecule has 0 fully saturated rings. The number of hydrogen-bond donors (Lipinski definition) is 3. The van der Waals surface area contributed by atoms with Crippen molar-refractivity contribution < 1.29 is 19.5 Å². The van der Waals surface area contributed by atoms with Crippen LogP contribution in [0.3, 0.4) is 0 Å². The smallest absolute Gasteiger partial charge is 0.326 e. The van der Waals surface area contributed by atoms with Crippen LogP contribution in [0.15, 0.2) is 22.7 Å². The quantitative estimate of drug-likeness (QED) is 0.743. The van der Waals surface area contributed by atoms with Crippen LogP contribution in [0.4, 0.5) is 0 Å². The lowest BCUT2D eigenvalue weighted by molar-refractivity contribution is -0.140. The summed E-state index contributed by atoms with van der Waals surface area (Å²) in [6.45, 7) is 1.73. The maximum absolute atomic E-state index is 12.0. The Morgan fingerprint density at radius 1 is 1.42 bits per heavy atom. The highest BCUT2D eigenvalue weighted by molar-refractivity contribution is 9.10. The lowest BCUT2D eigenvalue weighted by atomic mass is 10.1. The van der Waals surface area contributed by atoms with E-state index in [0.717, 1.165) is 4.47 Å². The molecule has 0 spiro atoms. The van der Waals surface area contributed by atoms with Crippen molar-refractivity contribution in [2.45, 2.75) is 19.4 Å². The van der Waals surface area contributed by atoms with Crippen LogP contribution in [-0.4, -0.2) is 28.9 Å². The van der Waals surface area contributed by atoms with E-state index in [2.05, 4.69) is 21.2 Å². The highest BCUT2D eigenvalue weighted by Crippen LogP contribution is 2.19. The first-order valence-electron chi connectivity index (χ1n) is 5.40. The van der Waals surface area contributed by atoms with Crippen molar-refractivity contribution in [3.05, 3.63) is 33.8 Å². The van der Waals surface area contributed by atoms with E-state index in [1.54, 1.807) is 25.1 Å². The van der Waals surface area contributed by atoms with Gasteiger partial charge in [0.1, 0.15) is 6.04 Å². The van der Waals surface area contributed by atoms with Crippen LogP contribution >= 0.6 is 15.9 Å². The van der Waals surface area contributed by atoms with E-state index in [1.807, 2.05) is 0 Å². The van der Waals surface area contributed by atoms with Crippen LogP contribution in [0.1, 0.15) is 22.3 Å². The van der Waals surface area contributed by atoms with E-state index in [0.29, 0.717) is 11.1 Å². The van der Waals surface area contributed by atoms with Gasteiger partial charge in [0.05, 0.1) is 6.42 Å². The lowest BCUT2D eigenvalue weighted by Gasteiger charge is -2.14. The van der Waals surface area contributed by atoms with E-state index in [1.165, 1.54) is 0 Å². The first-order valence-corrected chi connectivity index (χ1v) is 6.19. The first kappa shape index (κ1) is 15.2. The average molecular weight is 329 g/mol. The number of hydrogen-bond acceptors (Lipinski definition) is 3. The zero-order chi connectivity index (χ0) is 14.6. The number of carboxylic acid groups (broad SMARTS) is 1. The summed E-state index contributed by atoms with van der Waals surface area (Å²) in [6, 6.07) is 3.67. The number of primary amides is 1. The third kappa shape index (κ3) is 4.06. The lowest BCUT2D eigenvalue weighted by Crippen LogP contribution is -2.43. The minimum Gasteiger partial charge on any atom is -0.480 e. The Balaban J connectivity index is 2.91. The van der Waals surface area contributed by atoms with Gasteiger partial charge < -0.3 is 16.2 Å². The molecule has 19 heavy (non-hydrogen) atoms. The van der Waals surface area contributed by atoms with Crippen LogP contribution in [-0.2, 0) is 9.59 Å². The molecule has 0 radical (unpaired) electrons. The predicted octanol–water partition coefficient (Wildman–Crippen LogP) is 0.816. The Labute approximate surface area is 118 Å². The monoisotopic (exact) mass is 328 g/mol. The third-order valence-corrected chi connectivity index (χ3v) is 3.38. The molecule has 1 aromatic carbocycles. The van der Waals surface area contributed by atoms with Crippen molar-refractivity contribution in [3.8, 4) is 0 Å². The Kier molecular flexibility index (Phi) is 5.05. The van der Waals surface area contributed by atoms with Crippen molar-refractivity contribution >= 4 is 33.7 Å². The third-order valence-electron chi connectivity index (χ3n) is 2.52. The molecule has 4 N–H and O–H groups in total. The number of carbonyl (C=O) groups is 3. The number of nitrogens with one attached hydrogen (secondary N) is 1. The molecule has 0 aliphatic carbocycles. The molecular formula is C12H13BrN2O4. The molecule has 1 rings (SSSR count). The maximum atomic E-state index is 12.0. The zero-order valence-corrected chi connectivity index (χ0v) is 11.7. The van der Waals surface area contributed by atoms with Crippen LogP contribution in [0.5, 0.6) is 0 Å². The number of carboxylic acids is 1. The normalized spacial score (nSPS) is 11.7. The second kappa shape index (κ2) is 6.33. The standard InChI is InChI=1S/C12H13BrN2O4/c1-6-7(3-2-4-8(6)13)11(17)15-9(12(18)19)5-10(14)16/h2-4,9H,5H2,1H3,(H2,14,16)(H,15,17)(H,18,19). The van der Waals surface area contributed by atoms with Gasteiger partial charge in [0.15, 0.2) is 0 Å². The number of benzene rings is 1. The predicted molar refractivity (Wildman–Crippen MR) is 71.6 cm³/mol. The van der Waals surface area contributed by atoms with Gasteiger partial charge in [0, 0.05) is 10.0 Å². The molecule has 0 saturated heterocycles. The second-order valence-electron chi connectivity index (χ2n) is 3.95. The van der Waals surface area contributed by atoms with E-state index >= 15 is 0 Å². The highest BCUT2D eigenvalue weighted by atomic mass is 79.9. The molecule has 0 aliphatic rings. The molecule has 2 amide bonds. The fraction of sp³-hybridized carbons (Fsp3) is 0.250. The van der Waals surface area contributed by atoms with Crippen LogP contribution in [0, 0.1) is 6.92 Å². The fourth-order valence-electron chi connectivity index (χ4n) is 1.49. The minimum absolute atomic E-state index is 0.338. The first-order chi connectivity index (χ1) is 8.82. The summed E-state index contributed by atoms with van der Waals surface area (Å²) < 4.78 is 0.738. The van der Waals surface area contributed by atoms with E-state index in [-0.39, 0.29) is 0 Å². The Hall–Kier alpha value is -1.89. The SMILES string of the molecule is Cc1c(Br)cccc1C(=O)NC(CC(N)=O)C(=O)O.